The SMILES string of the molecule is CC(O)CNC(=O)c1cc(-c2ccncc2)nc2ccccc12. The number of rotatable bonds is 4. The molecule has 2 aromatic heterocycles. The van der Waals surface area contributed by atoms with Crippen LogP contribution < -0.4 is 5.32 Å². The fourth-order valence-electron chi connectivity index (χ4n) is 2.37. The molecule has 0 fully saturated rings. The van der Waals surface area contributed by atoms with Crippen molar-refractivity contribution in [2.75, 3.05) is 6.54 Å². The van der Waals surface area contributed by atoms with Gasteiger partial charge in [-0.25, -0.2) is 4.98 Å². The maximum Gasteiger partial charge on any atom is 0.252 e. The molecule has 1 atom stereocenters. The second kappa shape index (κ2) is 6.54. The van der Waals surface area contributed by atoms with Crippen LogP contribution in [0.4, 0.5) is 0 Å². The van der Waals surface area contributed by atoms with Gasteiger partial charge in [0.25, 0.3) is 5.91 Å². The number of aliphatic hydroxyl groups is 1. The van der Waals surface area contributed by atoms with Crippen LogP contribution in [0.3, 0.4) is 0 Å². The monoisotopic (exact) mass is 307 g/mol. The van der Waals surface area contributed by atoms with E-state index in [4.69, 9.17) is 0 Å². The smallest absolute Gasteiger partial charge is 0.252 e. The van der Waals surface area contributed by atoms with E-state index in [0.29, 0.717) is 11.3 Å². The minimum absolute atomic E-state index is 0.208. The summed E-state index contributed by atoms with van der Waals surface area (Å²) in [5.74, 6) is -0.222. The lowest BCUT2D eigenvalue weighted by Gasteiger charge is -2.11. The standard InChI is InChI=1S/C18H17N3O2/c1-12(22)11-20-18(23)15-10-17(13-6-8-19-9-7-13)21-16-5-3-2-4-14(15)16/h2-10,12,22H,11H2,1H3,(H,20,23). The van der Waals surface area contributed by atoms with Gasteiger partial charge >= 0.3 is 0 Å². The van der Waals surface area contributed by atoms with Crippen molar-refractivity contribution in [1.82, 2.24) is 15.3 Å². The Kier molecular flexibility index (Phi) is 4.30. The van der Waals surface area contributed by atoms with Crippen LogP contribution in [-0.4, -0.2) is 33.6 Å². The third-order valence-electron chi connectivity index (χ3n) is 3.49. The van der Waals surface area contributed by atoms with Crippen LogP contribution in [0.1, 0.15) is 17.3 Å². The highest BCUT2D eigenvalue weighted by molar-refractivity contribution is 6.07. The summed E-state index contributed by atoms with van der Waals surface area (Å²) in [6.45, 7) is 1.84. The van der Waals surface area contributed by atoms with E-state index in [0.717, 1.165) is 16.5 Å². The van der Waals surface area contributed by atoms with Gasteiger partial charge in [-0.1, -0.05) is 18.2 Å². The number of nitrogens with zero attached hydrogens (tertiary/aromatic N) is 2. The Labute approximate surface area is 134 Å². The van der Waals surface area contributed by atoms with Gasteiger partial charge in [0.05, 0.1) is 22.9 Å². The molecule has 0 aliphatic carbocycles. The number of pyridine rings is 2. The number of nitrogens with one attached hydrogen (secondary N) is 1. The van der Waals surface area contributed by atoms with Crippen molar-refractivity contribution in [1.29, 1.82) is 0 Å². The Balaban J connectivity index is 2.09. The molecule has 0 saturated carbocycles. The minimum Gasteiger partial charge on any atom is -0.392 e. The molecule has 1 aromatic carbocycles. The van der Waals surface area contributed by atoms with Crippen LogP contribution in [0.15, 0.2) is 54.9 Å². The zero-order valence-corrected chi connectivity index (χ0v) is 12.7. The van der Waals surface area contributed by atoms with Crippen LogP contribution in [0.25, 0.3) is 22.2 Å². The Hall–Kier alpha value is -2.79. The topological polar surface area (TPSA) is 75.1 Å². The molecule has 5 heteroatoms. The third-order valence-corrected chi connectivity index (χ3v) is 3.49. The number of fused-ring (bicyclic) bond motifs is 1. The van der Waals surface area contributed by atoms with E-state index < -0.39 is 6.10 Å². The van der Waals surface area contributed by atoms with Crippen molar-refractivity contribution in [3.63, 3.8) is 0 Å². The van der Waals surface area contributed by atoms with E-state index in [9.17, 15) is 9.90 Å². The summed E-state index contributed by atoms with van der Waals surface area (Å²) >= 11 is 0. The Morgan fingerprint density at radius 2 is 1.96 bits per heavy atom. The molecule has 0 spiro atoms. The second-order valence-electron chi connectivity index (χ2n) is 5.37. The summed E-state index contributed by atoms with van der Waals surface area (Å²) < 4.78 is 0. The first-order valence-corrected chi connectivity index (χ1v) is 7.41. The molecular weight excluding hydrogens is 290 g/mol. The quantitative estimate of drug-likeness (QED) is 0.776. The van der Waals surface area contributed by atoms with Crippen LogP contribution in [-0.2, 0) is 0 Å². The number of amides is 1. The van der Waals surface area contributed by atoms with Crippen molar-refractivity contribution in [2.45, 2.75) is 13.0 Å². The first kappa shape index (κ1) is 15.1. The second-order valence-corrected chi connectivity index (χ2v) is 5.37. The summed E-state index contributed by atoms with van der Waals surface area (Å²) in [6, 6.07) is 13.0. The van der Waals surface area contributed by atoms with Gasteiger partial charge in [0, 0.05) is 29.9 Å². The molecule has 2 heterocycles. The van der Waals surface area contributed by atoms with Gasteiger partial charge in [0.15, 0.2) is 0 Å². The average molecular weight is 307 g/mol. The zero-order chi connectivity index (χ0) is 16.2. The molecule has 3 aromatic rings. The molecule has 0 saturated heterocycles. The number of hydrogen-bond acceptors (Lipinski definition) is 4. The van der Waals surface area contributed by atoms with E-state index in [1.54, 1.807) is 25.4 Å². The first-order valence-electron chi connectivity index (χ1n) is 7.41. The largest absolute Gasteiger partial charge is 0.392 e. The Morgan fingerprint density at radius 3 is 2.70 bits per heavy atom. The summed E-state index contributed by atoms with van der Waals surface area (Å²) in [5, 5.41) is 12.9. The van der Waals surface area contributed by atoms with Gasteiger partial charge in [-0.05, 0) is 31.2 Å². The molecule has 0 radical (unpaired) electrons. The zero-order valence-electron chi connectivity index (χ0n) is 12.7. The minimum atomic E-state index is -0.591. The van der Waals surface area contributed by atoms with Crippen LogP contribution in [0, 0.1) is 0 Å². The molecule has 1 amide bonds. The number of para-hydroxylation sites is 1. The fourth-order valence-corrected chi connectivity index (χ4v) is 2.37. The van der Waals surface area contributed by atoms with Crippen LogP contribution in [0.5, 0.6) is 0 Å². The van der Waals surface area contributed by atoms with E-state index in [2.05, 4.69) is 15.3 Å². The van der Waals surface area contributed by atoms with E-state index in [1.807, 2.05) is 36.4 Å². The summed E-state index contributed by atoms with van der Waals surface area (Å²) in [4.78, 5) is 21.1. The summed E-state index contributed by atoms with van der Waals surface area (Å²) in [6.07, 6.45) is 2.80. The van der Waals surface area contributed by atoms with Gasteiger partial charge in [-0.2, -0.15) is 0 Å². The number of carbonyl (C=O) groups is 1. The normalized spacial score (nSPS) is 12.1. The number of hydrogen-bond donors (Lipinski definition) is 2. The number of carbonyl (C=O) groups excluding carboxylic acids is 1. The molecule has 23 heavy (non-hydrogen) atoms. The number of benzene rings is 1. The van der Waals surface area contributed by atoms with Gasteiger partial charge in [0.2, 0.25) is 0 Å². The summed E-state index contributed by atoms with van der Waals surface area (Å²) in [5.41, 5.74) is 2.91. The highest BCUT2D eigenvalue weighted by Gasteiger charge is 2.14. The van der Waals surface area contributed by atoms with E-state index >= 15 is 0 Å². The van der Waals surface area contributed by atoms with Crippen molar-refractivity contribution in [3.05, 3.63) is 60.4 Å². The summed E-state index contributed by atoms with van der Waals surface area (Å²) in [7, 11) is 0. The fraction of sp³-hybridized carbons (Fsp3) is 0.167. The van der Waals surface area contributed by atoms with Crippen molar-refractivity contribution >= 4 is 16.8 Å². The van der Waals surface area contributed by atoms with E-state index in [1.165, 1.54) is 0 Å². The van der Waals surface area contributed by atoms with Crippen molar-refractivity contribution in [2.24, 2.45) is 0 Å². The Morgan fingerprint density at radius 1 is 1.22 bits per heavy atom. The van der Waals surface area contributed by atoms with E-state index in [-0.39, 0.29) is 12.5 Å². The predicted octanol–water partition coefficient (Wildman–Crippen LogP) is 2.41. The molecule has 0 aliphatic heterocycles. The Bertz CT molecular complexity index is 832. The van der Waals surface area contributed by atoms with Crippen molar-refractivity contribution in [3.8, 4) is 11.3 Å². The molecule has 0 aliphatic rings. The van der Waals surface area contributed by atoms with Gasteiger partial charge in [0.1, 0.15) is 0 Å². The van der Waals surface area contributed by atoms with Crippen LogP contribution in [0.2, 0.25) is 0 Å². The number of aliphatic hydroxyl groups excluding tert-OH is 1. The highest BCUT2D eigenvalue weighted by atomic mass is 16.3. The first-order chi connectivity index (χ1) is 11.1. The molecular formula is C18H17N3O2. The molecule has 5 nitrogen and oxygen atoms in total. The van der Waals surface area contributed by atoms with Gasteiger partial charge in [-0.15, -0.1) is 0 Å². The lowest BCUT2D eigenvalue weighted by molar-refractivity contribution is 0.0925. The predicted molar refractivity (Wildman–Crippen MR) is 89.0 cm³/mol. The molecule has 2 N–H and O–H groups in total. The number of aromatic nitrogens is 2. The van der Waals surface area contributed by atoms with Crippen molar-refractivity contribution < 1.29 is 9.90 Å². The van der Waals surface area contributed by atoms with Crippen LogP contribution >= 0.6 is 0 Å². The average Bonchev–Trinajstić information content (AvgIpc) is 2.59. The maximum atomic E-state index is 12.5. The van der Waals surface area contributed by atoms with Gasteiger partial charge in [-0.3, -0.25) is 9.78 Å². The third kappa shape index (κ3) is 3.35. The molecule has 3 rings (SSSR count). The molecule has 0 bridgehead atoms. The maximum absolute atomic E-state index is 12.5. The lowest BCUT2D eigenvalue weighted by Crippen LogP contribution is -2.30. The lowest BCUT2D eigenvalue weighted by atomic mass is 10.0. The van der Waals surface area contributed by atoms with Gasteiger partial charge < -0.3 is 10.4 Å². The molecule has 116 valence electrons. The highest BCUT2D eigenvalue weighted by Crippen LogP contribution is 2.24. The molecule has 1 unspecified atom stereocenters.